The zero-order valence-electron chi connectivity index (χ0n) is 23.3. The molecule has 0 spiro atoms. The zero-order valence-corrected chi connectivity index (χ0v) is 30.0. The van der Waals surface area contributed by atoms with Crippen molar-refractivity contribution in [3.05, 3.63) is 0 Å². The van der Waals surface area contributed by atoms with E-state index in [2.05, 4.69) is 51.3 Å². The molecular weight excluding hydrogens is 594 g/mol. The van der Waals surface area contributed by atoms with Gasteiger partial charge < -0.3 is 35.3 Å². The summed E-state index contributed by atoms with van der Waals surface area (Å²) in [5.74, 6) is 3.75. The van der Waals surface area contributed by atoms with E-state index in [1.807, 2.05) is 6.79 Å². The van der Waals surface area contributed by atoms with Crippen LogP contribution in [0.4, 0.5) is 0 Å². The molecule has 214 valence electrons. The molecule has 6 atom stereocenters. The normalized spacial score (nSPS) is 26.3. The molecule has 0 heterocycles. The van der Waals surface area contributed by atoms with Crippen molar-refractivity contribution in [2.75, 3.05) is 0 Å². The van der Waals surface area contributed by atoms with Gasteiger partial charge in [-0.25, -0.2) is 9.78 Å². The Labute approximate surface area is 282 Å². The van der Waals surface area contributed by atoms with Crippen molar-refractivity contribution in [2.24, 2.45) is 35.5 Å². The minimum absolute atomic E-state index is 0. The molecular formula is C21H42FeNa2O11S2. The summed E-state index contributed by atoms with van der Waals surface area (Å²) in [6, 6.07) is 0. The molecule has 2 N–H and O–H groups in total. The molecule has 0 aliphatic heterocycles. The number of carbonyl (C=O) groups excluding carboxylic acids is 1. The molecule has 0 aromatic rings. The molecule has 2 rings (SSSR count). The van der Waals surface area contributed by atoms with E-state index in [4.69, 9.17) is 41.9 Å². The monoisotopic (exact) mass is 636 g/mol. The average molecular weight is 637 g/mol. The molecule has 0 saturated heterocycles. The van der Waals surface area contributed by atoms with Crippen LogP contribution in [0.1, 0.15) is 80.1 Å². The number of rotatable bonds is 4. The van der Waals surface area contributed by atoms with Crippen LogP contribution in [0.3, 0.4) is 0 Å². The summed E-state index contributed by atoms with van der Waals surface area (Å²) in [4.78, 5) is 17.1. The third-order valence-electron chi connectivity index (χ3n) is 6.19. The summed E-state index contributed by atoms with van der Waals surface area (Å²) in [6.07, 6.45) is 7.14. The first-order chi connectivity index (χ1) is 15.7. The van der Waals surface area contributed by atoms with Crippen LogP contribution < -0.4 is 59.1 Å². The summed E-state index contributed by atoms with van der Waals surface area (Å²) in [5.41, 5.74) is 0. The Morgan fingerprint density at radius 1 is 0.784 bits per heavy atom. The van der Waals surface area contributed by atoms with Gasteiger partial charge >= 0.3 is 76.2 Å². The van der Waals surface area contributed by atoms with Crippen molar-refractivity contribution < 1.29 is 128 Å². The van der Waals surface area contributed by atoms with Gasteiger partial charge in [0.05, 0.1) is 12.2 Å². The van der Waals surface area contributed by atoms with Gasteiger partial charge in [0.1, 0.15) is 6.79 Å². The van der Waals surface area contributed by atoms with Crippen molar-refractivity contribution in [1.29, 1.82) is 0 Å². The standard InChI is InChI=1S/2C10H20O2.CH2O.Fe.2Na.H2O4S.H2O2S/c2*1-7(2)9-5-4-8(3)6-10(9)12-11;1-2;;;;1-5(2,3)4;1-3-2/h2*7-11H,4-6H2,1-3H3;1H2;;;;(H2,1,2,3,4);1-2H/q;;;+2;2*+1;;/p-4. The van der Waals surface area contributed by atoms with Crippen LogP contribution in [0.5, 0.6) is 0 Å². The predicted molar refractivity (Wildman–Crippen MR) is 124 cm³/mol. The maximum atomic E-state index is 8.73. The minimum Gasteiger partial charge on any atom is -0.811 e. The second kappa shape index (κ2) is 31.1. The van der Waals surface area contributed by atoms with Crippen LogP contribution in [-0.2, 0) is 42.0 Å². The smallest absolute Gasteiger partial charge is 0.811 e. The van der Waals surface area contributed by atoms with E-state index in [1.165, 1.54) is 25.7 Å². The Balaban J connectivity index is -0.0000000909. The van der Waals surface area contributed by atoms with E-state index in [0.717, 1.165) is 12.8 Å². The molecule has 0 amide bonds. The largest absolute Gasteiger partial charge is 2.00 e. The van der Waals surface area contributed by atoms with E-state index in [9.17, 15) is 0 Å². The van der Waals surface area contributed by atoms with E-state index >= 15 is 0 Å². The second-order valence-corrected chi connectivity index (χ2v) is 10.4. The molecule has 2 fully saturated rings. The Kier molecular flexibility index (Phi) is 43.6. The quantitative estimate of drug-likeness (QED) is 0.0889. The molecule has 16 heteroatoms. The summed E-state index contributed by atoms with van der Waals surface area (Å²) in [5, 5.41) is 17.5. The molecule has 11 nitrogen and oxygen atoms in total. The number of hydrogen-bond donors (Lipinski definition) is 2. The Morgan fingerprint density at radius 3 is 1.16 bits per heavy atom. The third kappa shape index (κ3) is 30.9. The first-order valence-electron chi connectivity index (χ1n) is 11.2. The Bertz CT molecular complexity index is 539. The van der Waals surface area contributed by atoms with Crippen LogP contribution >= 0.6 is 12.3 Å². The second-order valence-electron chi connectivity index (χ2n) is 9.42. The molecule has 37 heavy (non-hydrogen) atoms. The van der Waals surface area contributed by atoms with Crippen molar-refractivity contribution in [2.45, 2.75) is 92.3 Å². The van der Waals surface area contributed by atoms with Crippen LogP contribution in [0, 0.1) is 35.5 Å². The molecule has 2 aliphatic carbocycles. The molecule has 6 unspecified atom stereocenters. The minimum atomic E-state index is -5.17. The van der Waals surface area contributed by atoms with Gasteiger partial charge in [0.2, 0.25) is 0 Å². The summed E-state index contributed by atoms with van der Waals surface area (Å²) in [6.45, 7) is 15.3. The average Bonchev–Trinajstić information content (AvgIpc) is 2.74. The SMILES string of the molecule is C=O.CC1CCC(C(C)C)C(OO)C1.CC1CCC(C(C)C)C(OO)C1.O=S(=O)([O-])[O-].[Fe+2].[Na+].[Na+].[O-]S[O-]. The van der Waals surface area contributed by atoms with Gasteiger partial charge in [0.15, 0.2) is 0 Å². The van der Waals surface area contributed by atoms with Gasteiger partial charge in [0.25, 0.3) is 0 Å². The van der Waals surface area contributed by atoms with Gasteiger partial charge in [-0.05, 0) is 61.2 Å². The number of carbonyl (C=O) groups is 1. The summed E-state index contributed by atoms with van der Waals surface area (Å²) >= 11 is -0.750. The van der Waals surface area contributed by atoms with E-state index in [-0.39, 0.29) is 88.4 Å². The molecule has 2 aliphatic rings. The van der Waals surface area contributed by atoms with Crippen molar-refractivity contribution in [3.8, 4) is 0 Å². The maximum absolute atomic E-state index is 8.73. The van der Waals surface area contributed by atoms with Crippen LogP contribution in [0.15, 0.2) is 0 Å². The fourth-order valence-electron chi connectivity index (χ4n) is 4.47. The van der Waals surface area contributed by atoms with Crippen molar-refractivity contribution in [3.63, 3.8) is 0 Å². The molecule has 0 aromatic carbocycles. The fraction of sp³-hybridized carbons (Fsp3) is 0.952. The van der Waals surface area contributed by atoms with Gasteiger partial charge in [0, 0.05) is 10.4 Å². The summed E-state index contributed by atoms with van der Waals surface area (Å²) in [7, 11) is -5.17. The van der Waals surface area contributed by atoms with Crippen LogP contribution in [-0.4, -0.2) is 56.1 Å². The van der Waals surface area contributed by atoms with Crippen LogP contribution in [0.25, 0.3) is 0 Å². The maximum Gasteiger partial charge on any atom is 2.00 e. The van der Waals surface area contributed by atoms with Gasteiger partial charge in [-0.1, -0.05) is 54.4 Å². The van der Waals surface area contributed by atoms with Gasteiger partial charge in [-0.3, -0.25) is 18.9 Å². The van der Waals surface area contributed by atoms with E-state index in [1.54, 1.807) is 0 Å². The Hall–Kier alpha value is 2.17. The number of hydrogen-bond acceptors (Lipinski definition) is 12. The van der Waals surface area contributed by atoms with E-state index < -0.39 is 22.7 Å². The topological polar surface area (TPSA) is 202 Å². The third-order valence-corrected chi connectivity index (χ3v) is 6.19. The molecule has 0 bridgehead atoms. The first kappa shape index (κ1) is 51.9. The molecule has 2 saturated carbocycles. The predicted octanol–water partition coefficient (Wildman–Crippen LogP) is -1.66. The summed E-state index contributed by atoms with van der Waals surface area (Å²) < 4.78 is 50.7. The van der Waals surface area contributed by atoms with Gasteiger partial charge in [-0.15, -0.1) is 0 Å². The zero-order chi connectivity index (χ0) is 27.5. The molecule has 0 aromatic heterocycles. The first-order valence-corrected chi connectivity index (χ1v) is 13.2. The molecule has 0 radical (unpaired) electrons. The Morgan fingerprint density at radius 2 is 1.00 bits per heavy atom. The van der Waals surface area contributed by atoms with Gasteiger partial charge in [-0.2, -0.15) is 0 Å². The van der Waals surface area contributed by atoms with Crippen molar-refractivity contribution >= 4 is 29.5 Å². The fourth-order valence-corrected chi connectivity index (χ4v) is 4.47. The van der Waals surface area contributed by atoms with Crippen LogP contribution in [0.2, 0.25) is 0 Å². The van der Waals surface area contributed by atoms with Crippen molar-refractivity contribution in [1.82, 2.24) is 0 Å². The van der Waals surface area contributed by atoms with E-state index in [0.29, 0.717) is 35.5 Å².